The summed E-state index contributed by atoms with van der Waals surface area (Å²) in [6, 6.07) is 5.87. The van der Waals surface area contributed by atoms with Gasteiger partial charge in [-0.25, -0.2) is 13.6 Å². The summed E-state index contributed by atoms with van der Waals surface area (Å²) < 4.78 is 26.6. The van der Waals surface area contributed by atoms with Gasteiger partial charge in [0, 0.05) is 10.8 Å². The van der Waals surface area contributed by atoms with E-state index in [1.54, 1.807) is 0 Å². The molecule has 2 nitrogen and oxygen atoms in total. The lowest BCUT2D eigenvalue weighted by Crippen LogP contribution is -1.99. The number of benzene rings is 2. The van der Waals surface area contributed by atoms with E-state index in [1.165, 1.54) is 18.2 Å². The maximum atomic E-state index is 13.4. The van der Waals surface area contributed by atoms with Crippen LogP contribution in [-0.2, 0) is 0 Å². The van der Waals surface area contributed by atoms with Gasteiger partial charge in [-0.05, 0) is 18.2 Å². The van der Waals surface area contributed by atoms with Crippen molar-refractivity contribution in [1.29, 1.82) is 0 Å². The molecule has 4 heteroatoms. The van der Waals surface area contributed by atoms with Gasteiger partial charge in [-0.15, -0.1) is 0 Å². The molecule has 0 unspecified atom stereocenters. The molecule has 0 heterocycles. The first-order valence-corrected chi connectivity index (χ1v) is 4.21. The predicted octanol–water partition coefficient (Wildman–Crippen LogP) is 2.82. The Balaban J connectivity index is 2.96. The summed E-state index contributed by atoms with van der Waals surface area (Å²) >= 11 is 0. The summed E-state index contributed by atoms with van der Waals surface area (Å²) in [7, 11) is 0. The maximum Gasteiger partial charge on any atom is 0.336 e. The highest BCUT2D eigenvalue weighted by molar-refractivity contribution is 6.04. The van der Waals surface area contributed by atoms with Crippen molar-refractivity contribution in [2.24, 2.45) is 0 Å². The number of fused-ring (bicyclic) bond motifs is 1. The number of halogens is 2. The fraction of sp³-hybridized carbons (Fsp3) is 0. The van der Waals surface area contributed by atoms with Crippen LogP contribution in [0.5, 0.6) is 0 Å². The van der Waals surface area contributed by atoms with Gasteiger partial charge in [0.15, 0.2) is 0 Å². The quantitative estimate of drug-likeness (QED) is 0.782. The molecule has 15 heavy (non-hydrogen) atoms. The van der Waals surface area contributed by atoms with Gasteiger partial charge in [-0.3, -0.25) is 0 Å². The number of carbonyl (C=O) groups is 1. The minimum Gasteiger partial charge on any atom is -0.478 e. The van der Waals surface area contributed by atoms with Crippen LogP contribution >= 0.6 is 0 Å². The summed E-state index contributed by atoms with van der Waals surface area (Å²) in [5, 5.41) is 8.60. The third-order valence-corrected chi connectivity index (χ3v) is 2.17. The predicted molar refractivity (Wildman–Crippen MR) is 50.8 cm³/mol. The molecule has 0 spiro atoms. The number of carboxylic acid groups (broad SMARTS) is 1. The number of hydrogen-bond donors (Lipinski definition) is 1. The van der Waals surface area contributed by atoms with E-state index in [9.17, 15) is 13.6 Å². The molecule has 0 fully saturated rings. The van der Waals surface area contributed by atoms with E-state index in [0.717, 1.165) is 12.1 Å². The van der Waals surface area contributed by atoms with Gasteiger partial charge in [0.05, 0.1) is 5.56 Å². The summed E-state index contributed by atoms with van der Waals surface area (Å²) in [4.78, 5) is 10.8. The van der Waals surface area contributed by atoms with Crippen LogP contribution in [0.2, 0.25) is 0 Å². The van der Waals surface area contributed by atoms with Crippen molar-refractivity contribution in [3.63, 3.8) is 0 Å². The average Bonchev–Trinajstić information content (AvgIpc) is 2.23. The standard InChI is InChI=1S/C11H6F2O2/c12-8-4-5-9(13)10-6(8)2-1-3-7(10)11(14)15/h1-5H,(H,14,15). The highest BCUT2D eigenvalue weighted by Gasteiger charge is 2.14. The minimum atomic E-state index is -1.27. The SMILES string of the molecule is O=C(O)c1cccc2c(F)ccc(F)c12. The number of aromatic carboxylic acids is 1. The number of carboxylic acids is 1. The molecule has 0 aliphatic rings. The van der Waals surface area contributed by atoms with Crippen molar-refractivity contribution in [1.82, 2.24) is 0 Å². The van der Waals surface area contributed by atoms with Crippen molar-refractivity contribution in [3.8, 4) is 0 Å². The highest BCUT2D eigenvalue weighted by atomic mass is 19.1. The van der Waals surface area contributed by atoms with Crippen LogP contribution in [0.3, 0.4) is 0 Å². The van der Waals surface area contributed by atoms with E-state index in [0.29, 0.717) is 0 Å². The second-order valence-electron chi connectivity index (χ2n) is 3.06. The maximum absolute atomic E-state index is 13.4. The molecule has 1 N–H and O–H groups in total. The summed E-state index contributed by atoms with van der Waals surface area (Å²) in [6.07, 6.45) is 0. The average molecular weight is 208 g/mol. The molecule has 2 rings (SSSR count). The molecule has 0 saturated heterocycles. The first-order chi connectivity index (χ1) is 7.11. The van der Waals surface area contributed by atoms with Crippen molar-refractivity contribution in [3.05, 3.63) is 47.5 Å². The Morgan fingerprint density at radius 3 is 2.40 bits per heavy atom. The van der Waals surface area contributed by atoms with Crippen molar-refractivity contribution >= 4 is 16.7 Å². The highest BCUT2D eigenvalue weighted by Crippen LogP contribution is 2.24. The zero-order valence-corrected chi connectivity index (χ0v) is 7.50. The van der Waals surface area contributed by atoms with Crippen molar-refractivity contribution in [2.45, 2.75) is 0 Å². The van der Waals surface area contributed by atoms with Crippen LogP contribution in [-0.4, -0.2) is 11.1 Å². The van der Waals surface area contributed by atoms with Crippen LogP contribution in [0.4, 0.5) is 8.78 Å². The Hall–Kier alpha value is -1.97. The Morgan fingerprint density at radius 1 is 1.07 bits per heavy atom. The lowest BCUT2D eigenvalue weighted by Gasteiger charge is -2.04. The summed E-state index contributed by atoms with van der Waals surface area (Å²) in [5.41, 5.74) is -0.232. The van der Waals surface area contributed by atoms with Gasteiger partial charge < -0.3 is 5.11 Å². The van der Waals surface area contributed by atoms with Gasteiger partial charge in [-0.2, -0.15) is 0 Å². The molecule has 0 aliphatic heterocycles. The van der Waals surface area contributed by atoms with E-state index in [1.807, 2.05) is 0 Å². The molecule has 76 valence electrons. The summed E-state index contributed by atoms with van der Waals surface area (Å²) in [6.45, 7) is 0. The van der Waals surface area contributed by atoms with Crippen LogP contribution in [0.1, 0.15) is 10.4 Å². The molecule has 0 aliphatic carbocycles. The second kappa shape index (κ2) is 3.31. The Bertz CT molecular complexity index is 550. The molecule has 0 radical (unpaired) electrons. The van der Waals surface area contributed by atoms with Crippen molar-refractivity contribution < 1.29 is 18.7 Å². The second-order valence-corrected chi connectivity index (χ2v) is 3.06. The van der Waals surface area contributed by atoms with E-state index in [4.69, 9.17) is 5.11 Å². The zero-order valence-electron chi connectivity index (χ0n) is 7.50. The Morgan fingerprint density at radius 2 is 1.73 bits per heavy atom. The fourth-order valence-electron chi connectivity index (χ4n) is 1.51. The third kappa shape index (κ3) is 1.44. The third-order valence-electron chi connectivity index (χ3n) is 2.17. The first-order valence-electron chi connectivity index (χ1n) is 4.21. The Kier molecular flexibility index (Phi) is 2.11. The fourth-order valence-corrected chi connectivity index (χ4v) is 1.51. The van der Waals surface area contributed by atoms with Crippen LogP contribution in [0.25, 0.3) is 10.8 Å². The van der Waals surface area contributed by atoms with Crippen LogP contribution in [0.15, 0.2) is 30.3 Å². The van der Waals surface area contributed by atoms with Crippen molar-refractivity contribution in [2.75, 3.05) is 0 Å². The summed E-state index contributed by atoms with van der Waals surface area (Å²) in [5.74, 6) is -2.64. The lowest BCUT2D eigenvalue weighted by molar-refractivity contribution is 0.0698. The Labute approximate surface area is 83.8 Å². The molecule has 0 saturated carbocycles. The molecule has 2 aromatic carbocycles. The van der Waals surface area contributed by atoms with Crippen LogP contribution < -0.4 is 0 Å². The number of hydrogen-bond acceptors (Lipinski definition) is 1. The first kappa shape index (κ1) is 9.58. The van der Waals surface area contributed by atoms with Gasteiger partial charge in [0.25, 0.3) is 0 Å². The van der Waals surface area contributed by atoms with E-state index in [2.05, 4.69) is 0 Å². The molecular weight excluding hydrogens is 202 g/mol. The zero-order chi connectivity index (χ0) is 11.0. The topological polar surface area (TPSA) is 37.3 Å². The van der Waals surface area contributed by atoms with Crippen LogP contribution in [0, 0.1) is 11.6 Å². The van der Waals surface area contributed by atoms with Gasteiger partial charge in [0.1, 0.15) is 11.6 Å². The molecular formula is C11H6F2O2. The van der Waals surface area contributed by atoms with E-state index in [-0.39, 0.29) is 16.3 Å². The lowest BCUT2D eigenvalue weighted by atomic mass is 10.0. The molecule has 2 aromatic rings. The minimum absolute atomic E-state index is 0.0186. The van der Waals surface area contributed by atoms with E-state index >= 15 is 0 Å². The smallest absolute Gasteiger partial charge is 0.336 e. The largest absolute Gasteiger partial charge is 0.478 e. The molecule has 0 bridgehead atoms. The normalized spacial score (nSPS) is 10.5. The number of rotatable bonds is 1. The van der Waals surface area contributed by atoms with Gasteiger partial charge in [-0.1, -0.05) is 12.1 Å². The molecule has 0 aromatic heterocycles. The van der Waals surface area contributed by atoms with Gasteiger partial charge in [0.2, 0.25) is 0 Å². The van der Waals surface area contributed by atoms with E-state index < -0.39 is 17.6 Å². The molecule has 0 atom stereocenters. The molecule has 0 amide bonds. The van der Waals surface area contributed by atoms with Gasteiger partial charge >= 0.3 is 5.97 Å². The monoisotopic (exact) mass is 208 g/mol.